The van der Waals surface area contributed by atoms with Gasteiger partial charge in [-0.15, -0.1) is 22.7 Å². The first-order valence-electron chi connectivity index (χ1n) is 4.60. The van der Waals surface area contributed by atoms with Gasteiger partial charge in [0, 0.05) is 21.6 Å². The largest absolute Gasteiger partial charge is 0.369 e. The number of aromatic nitrogens is 2. The van der Waals surface area contributed by atoms with E-state index in [1.165, 1.54) is 22.7 Å². The Hall–Kier alpha value is -1.12. The van der Waals surface area contributed by atoms with E-state index in [0.717, 1.165) is 0 Å². The molecular weight excluding hydrogens is 278 g/mol. The summed E-state index contributed by atoms with van der Waals surface area (Å²) in [5.41, 5.74) is 9.73. The van der Waals surface area contributed by atoms with Crippen LogP contribution in [0.2, 0.25) is 0 Å². The second-order valence-electron chi connectivity index (χ2n) is 3.20. The molecule has 0 fully saturated rings. The van der Waals surface area contributed by atoms with Crippen molar-refractivity contribution < 1.29 is 9.00 Å². The number of thiazole rings is 2. The summed E-state index contributed by atoms with van der Waals surface area (Å²) in [7, 11) is -1.43. The Balaban J connectivity index is 2.32. The van der Waals surface area contributed by atoms with Crippen LogP contribution in [0.5, 0.6) is 0 Å². The molecule has 2 heterocycles. The molecule has 1 amide bonds. The van der Waals surface area contributed by atoms with Gasteiger partial charge in [-0.25, -0.2) is 9.97 Å². The number of carbonyl (C=O) groups excluding carboxylic acids is 1. The van der Waals surface area contributed by atoms with Crippen LogP contribution in [0.1, 0.15) is 16.6 Å². The van der Waals surface area contributed by atoms with Gasteiger partial charge in [-0.1, -0.05) is 0 Å². The predicted octanol–water partition coefficient (Wildman–Crippen LogP) is 0.923. The van der Waals surface area contributed by atoms with Crippen LogP contribution < -0.4 is 5.73 Å². The van der Waals surface area contributed by atoms with Crippen LogP contribution in [0.15, 0.2) is 21.8 Å². The van der Waals surface area contributed by atoms with Crippen molar-refractivity contribution in [3.05, 3.63) is 33.2 Å². The third-order valence-corrected chi connectivity index (χ3v) is 4.77. The summed E-state index contributed by atoms with van der Waals surface area (Å²) in [6.45, 7) is 0. The molecule has 0 bridgehead atoms. The van der Waals surface area contributed by atoms with Gasteiger partial charge in [0.1, 0.15) is 11.0 Å². The third kappa shape index (κ3) is 2.96. The van der Waals surface area contributed by atoms with Gasteiger partial charge in [-0.05, 0) is 0 Å². The minimum absolute atomic E-state index is 0.181. The number of primary amides is 1. The average molecular weight is 287 g/mol. The minimum Gasteiger partial charge on any atom is -0.369 e. The summed E-state index contributed by atoms with van der Waals surface area (Å²) in [4.78, 5) is 19.1. The Kier molecular flexibility index (Phi) is 3.97. The van der Waals surface area contributed by atoms with Gasteiger partial charge in [-0.2, -0.15) is 0 Å². The third-order valence-electron chi connectivity index (χ3n) is 1.99. The van der Waals surface area contributed by atoms with Crippen molar-refractivity contribution in [3.63, 3.8) is 0 Å². The molecule has 2 aromatic rings. The molecule has 1 atom stereocenters. The quantitative estimate of drug-likeness (QED) is 0.886. The lowest BCUT2D eigenvalue weighted by Crippen LogP contribution is -2.23. The number of amides is 1. The lowest BCUT2D eigenvalue weighted by Gasteiger charge is -2.10. The van der Waals surface area contributed by atoms with Gasteiger partial charge in [0.2, 0.25) is 5.91 Å². The molecule has 1 unspecified atom stereocenters. The Morgan fingerprint density at radius 2 is 1.82 bits per heavy atom. The van der Waals surface area contributed by atoms with Crippen LogP contribution in [-0.2, 0) is 15.6 Å². The maximum Gasteiger partial charge on any atom is 0.230 e. The molecule has 0 aromatic carbocycles. The highest BCUT2D eigenvalue weighted by molar-refractivity contribution is 7.86. The zero-order valence-electron chi connectivity index (χ0n) is 8.61. The number of rotatable bonds is 5. The molecule has 0 saturated carbocycles. The monoisotopic (exact) mass is 287 g/mol. The van der Waals surface area contributed by atoms with E-state index in [-0.39, 0.29) is 5.75 Å². The molecule has 0 saturated heterocycles. The van der Waals surface area contributed by atoms with E-state index in [4.69, 9.17) is 5.73 Å². The van der Waals surface area contributed by atoms with Crippen molar-refractivity contribution in [3.8, 4) is 0 Å². The van der Waals surface area contributed by atoms with E-state index in [2.05, 4.69) is 9.97 Å². The number of nitrogens with zero attached hydrogens (tertiary/aromatic N) is 2. The highest BCUT2D eigenvalue weighted by atomic mass is 32.2. The standard InChI is InChI=1S/C9H9N3O2S3/c10-8(13)3-17(14)9(6-1-15-4-11-6)7-2-16-5-12-7/h1-2,4-5,9H,3H2,(H2,10,13). The Morgan fingerprint density at radius 1 is 1.29 bits per heavy atom. The maximum absolute atomic E-state index is 12.1. The number of nitrogens with two attached hydrogens (primary N) is 1. The topological polar surface area (TPSA) is 85.9 Å². The van der Waals surface area contributed by atoms with Gasteiger partial charge in [0.15, 0.2) is 0 Å². The van der Waals surface area contributed by atoms with E-state index in [9.17, 15) is 9.00 Å². The molecule has 17 heavy (non-hydrogen) atoms. The van der Waals surface area contributed by atoms with E-state index in [1.807, 2.05) is 10.8 Å². The van der Waals surface area contributed by atoms with E-state index >= 15 is 0 Å². The van der Waals surface area contributed by atoms with Crippen LogP contribution in [-0.4, -0.2) is 25.8 Å². The fraction of sp³-hybridized carbons (Fsp3) is 0.222. The lowest BCUT2D eigenvalue weighted by molar-refractivity contribution is -0.115. The highest BCUT2D eigenvalue weighted by Gasteiger charge is 2.25. The first-order chi connectivity index (χ1) is 8.18. The maximum atomic E-state index is 12.1. The summed E-state index contributed by atoms with van der Waals surface area (Å²) >= 11 is 2.83. The van der Waals surface area contributed by atoms with Gasteiger partial charge in [0.25, 0.3) is 0 Å². The molecule has 0 aliphatic rings. The second-order valence-corrected chi connectivity index (χ2v) is 6.16. The fourth-order valence-corrected chi connectivity index (χ4v) is 3.92. The molecule has 0 aliphatic carbocycles. The number of carbonyl (C=O) groups is 1. The summed E-state index contributed by atoms with van der Waals surface area (Å²) in [6.07, 6.45) is 0. The smallest absolute Gasteiger partial charge is 0.230 e. The minimum atomic E-state index is -1.43. The van der Waals surface area contributed by atoms with E-state index in [0.29, 0.717) is 11.4 Å². The van der Waals surface area contributed by atoms with Crippen LogP contribution in [0.25, 0.3) is 0 Å². The Labute approximate surface area is 108 Å². The summed E-state index contributed by atoms with van der Waals surface area (Å²) in [6, 6.07) is 0. The van der Waals surface area contributed by atoms with Crippen LogP contribution >= 0.6 is 22.7 Å². The molecule has 0 radical (unpaired) electrons. The average Bonchev–Trinajstić information content (AvgIpc) is 2.88. The predicted molar refractivity (Wildman–Crippen MR) is 68.3 cm³/mol. The van der Waals surface area contributed by atoms with E-state index in [1.54, 1.807) is 11.0 Å². The lowest BCUT2D eigenvalue weighted by atomic mass is 10.3. The molecule has 5 nitrogen and oxygen atoms in total. The van der Waals surface area contributed by atoms with Crippen LogP contribution in [0.4, 0.5) is 0 Å². The molecule has 8 heteroatoms. The van der Waals surface area contributed by atoms with Crippen molar-refractivity contribution in [2.75, 3.05) is 5.75 Å². The SMILES string of the molecule is NC(=O)CS(=O)C(c1cscn1)c1cscn1. The van der Waals surface area contributed by atoms with Gasteiger partial charge in [-0.3, -0.25) is 9.00 Å². The molecule has 90 valence electrons. The van der Waals surface area contributed by atoms with Gasteiger partial charge >= 0.3 is 0 Å². The van der Waals surface area contributed by atoms with E-state index < -0.39 is 22.0 Å². The Morgan fingerprint density at radius 3 is 2.18 bits per heavy atom. The van der Waals surface area contributed by atoms with Gasteiger partial charge < -0.3 is 5.73 Å². The molecule has 2 rings (SSSR count). The van der Waals surface area contributed by atoms with Crippen LogP contribution in [0, 0.1) is 0 Å². The highest BCUT2D eigenvalue weighted by Crippen LogP contribution is 2.27. The number of hydrogen-bond acceptors (Lipinski definition) is 6. The zero-order valence-corrected chi connectivity index (χ0v) is 11.1. The molecule has 0 aliphatic heterocycles. The molecule has 2 N–H and O–H groups in total. The molecule has 0 spiro atoms. The van der Waals surface area contributed by atoms with Crippen molar-refractivity contribution in [1.29, 1.82) is 0 Å². The number of hydrogen-bond donors (Lipinski definition) is 1. The second kappa shape index (κ2) is 5.48. The zero-order chi connectivity index (χ0) is 12.3. The van der Waals surface area contributed by atoms with Crippen molar-refractivity contribution in [1.82, 2.24) is 9.97 Å². The van der Waals surface area contributed by atoms with Crippen LogP contribution in [0.3, 0.4) is 0 Å². The van der Waals surface area contributed by atoms with Crippen molar-refractivity contribution in [2.24, 2.45) is 5.73 Å². The summed E-state index contributed by atoms with van der Waals surface area (Å²) < 4.78 is 12.1. The first-order valence-corrected chi connectivity index (χ1v) is 7.87. The summed E-state index contributed by atoms with van der Waals surface area (Å²) in [5.74, 6) is -0.765. The Bertz CT molecular complexity index is 475. The normalized spacial score (nSPS) is 12.8. The van der Waals surface area contributed by atoms with Crippen molar-refractivity contribution >= 4 is 39.4 Å². The van der Waals surface area contributed by atoms with Crippen molar-refractivity contribution in [2.45, 2.75) is 5.25 Å². The first kappa shape index (κ1) is 12.3. The van der Waals surface area contributed by atoms with Gasteiger partial charge in [0.05, 0.1) is 22.4 Å². The fourth-order valence-electron chi connectivity index (χ4n) is 1.35. The molecular formula is C9H9N3O2S3. The summed E-state index contributed by atoms with van der Waals surface area (Å²) in [5, 5.41) is 3.14. The molecule has 2 aromatic heterocycles.